The molecule has 282 valence electrons. The van der Waals surface area contributed by atoms with E-state index in [2.05, 4.69) is 30.7 Å². The van der Waals surface area contributed by atoms with Gasteiger partial charge in [-0.25, -0.2) is 19.2 Å². The minimum Gasteiger partial charge on any atom is -0.676 e. The zero-order valence-electron chi connectivity index (χ0n) is 26.7. The van der Waals surface area contributed by atoms with Crippen molar-refractivity contribution in [2.24, 2.45) is 0 Å². The van der Waals surface area contributed by atoms with Crippen molar-refractivity contribution in [1.82, 2.24) is 21.3 Å². The first-order valence-electron chi connectivity index (χ1n) is 15.5. The Morgan fingerprint density at radius 3 is 1.31 bits per heavy atom. The first kappa shape index (κ1) is 45.9. The van der Waals surface area contributed by atoms with Gasteiger partial charge >= 0.3 is 71.4 Å². The number of esters is 2. The van der Waals surface area contributed by atoms with Crippen molar-refractivity contribution >= 4 is 66.7 Å². The van der Waals surface area contributed by atoms with Gasteiger partial charge in [0.05, 0.1) is 12.8 Å². The van der Waals surface area contributed by atoms with Crippen LogP contribution >= 0.6 is 18.8 Å². The summed E-state index contributed by atoms with van der Waals surface area (Å²) in [6.07, 6.45) is 5.79. The molecule has 3 fully saturated rings. The summed E-state index contributed by atoms with van der Waals surface area (Å²) in [5.74, 6) is -3.78. The topological polar surface area (TPSA) is 291 Å². The number of halogens is 2. The Kier molecular flexibility index (Phi) is 26.0. The van der Waals surface area contributed by atoms with Crippen molar-refractivity contribution < 1.29 is 74.5 Å². The molecule has 3 rings (SSSR count). The SMILES string of the molecule is O=C(O)CCC(=O)NCCCCC1NC(=O)OC1=O.O=C(O)CCC(=O)NCCCCC1NC(=O)OC1=O.[Cl][Pt+2][Cl].[NH-]C1CCCCC1[NH-]. The Morgan fingerprint density at radius 2 is 1.04 bits per heavy atom. The molecule has 0 radical (unpaired) electrons. The van der Waals surface area contributed by atoms with Gasteiger partial charge in [-0.3, -0.25) is 19.2 Å². The third-order valence-electron chi connectivity index (χ3n) is 6.92. The van der Waals surface area contributed by atoms with Gasteiger partial charge < -0.3 is 52.4 Å². The molecule has 0 aromatic carbocycles. The molecule has 3 aliphatic rings. The van der Waals surface area contributed by atoms with E-state index in [-0.39, 0.29) is 49.6 Å². The molecule has 0 aromatic heterocycles. The number of aliphatic carboxylic acids is 2. The summed E-state index contributed by atoms with van der Waals surface area (Å²) in [4.78, 5) is 86.3. The average Bonchev–Trinajstić information content (AvgIpc) is 3.54. The number of rotatable bonds is 16. The molecule has 0 bridgehead atoms. The van der Waals surface area contributed by atoms with Crippen molar-refractivity contribution in [1.29, 1.82) is 0 Å². The molecule has 1 aliphatic carbocycles. The van der Waals surface area contributed by atoms with Gasteiger partial charge in [0.1, 0.15) is 12.1 Å². The van der Waals surface area contributed by atoms with Crippen LogP contribution in [0, 0.1) is 0 Å². The Labute approximate surface area is 300 Å². The van der Waals surface area contributed by atoms with Crippen LogP contribution in [0.4, 0.5) is 9.59 Å². The van der Waals surface area contributed by atoms with Crippen LogP contribution < -0.4 is 21.3 Å². The summed E-state index contributed by atoms with van der Waals surface area (Å²) < 4.78 is 8.62. The fourth-order valence-electron chi connectivity index (χ4n) is 4.32. The van der Waals surface area contributed by atoms with Crippen LogP contribution in [0.1, 0.15) is 89.9 Å². The van der Waals surface area contributed by atoms with E-state index in [0.717, 1.165) is 12.8 Å². The fraction of sp³-hybridized carbons (Fsp3) is 0.714. The molecule has 49 heavy (non-hydrogen) atoms. The first-order valence-corrected chi connectivity index (χ1v) is 21.1. The number of nitrogens with one attached hydrogen (secondary N) is 6. The Morgan fingerprint density at radius 1 is 0.694 bits per heavy atom. The van der Waals surface area contributed by atoms with Gasteiger partial charge in [-0.2, -0.15) is 12.1 Å². The van der Waals surface area contributed by atoms with Gasteiger partial charge in [-0.1, -0.05) is 25.7 Å². The van der Waals surface area contributed by atoms with Crippen LogP contribution in [0.25, 0.3) is 11.5 Å². The molecular formula is C28H44Cl2N6O12Pt. The standard InChI is InChI=1S/2C11H16N2O6.C6H12N2.2ClH.Pt/c2*14-8(4-5-9(15)16)12-6-2-1-3-7-10(17)19-11(18)13-7;7-5-3-1-2-4-6(5)8;;;/h2*7H,1-6H2,(H,12,14)(H,13,18)(H,15,16);5-8H,1-4H2;2*1H;/q;;-2;;;+4/p-2. The minimum absolute atomic E-state index is 0.0413. The second-order valence-corrected chi connectivity index (χ2v) is 14.1. The number of alkyl carbamates (subject to hydrolysis) is 2. The number of unbranched alkanes of at least 4 members (excludes halogenated alkanes) is 2. The molecule has 1 saturated carbocycles. The molecule has 4 unspecified atom stereocenters. The van der Waals surface area contributed by atoms with Crippen LogP contribution in [-0.2, 0) is 54.7 Å². The maximum atomic E-state index is 11.2. The fourth-order valence-corrected chi connectivity index (χ4v) is 4.32. The van der Waals surface area contributed by atoms with Gasteiger partial charge in [0, 0.05) is 25.9 Å². The van der Waals surface area contributed by atoms with Crippen LogP contribution in [0.15, 0.2) is 0 Å². The third kappa shape index (κ3) is 24.7. The Bertz CT molecular complexity index is 1020. The molecule has 2 aliphatic heterocycles. The number of hydrogen-bond acceptors (Lipinski definition) is 10. The molecule has 2 heterocycles. The van der Waals surface area contributed by atoms with Crippen LogP contribution in [0.3, 0.4) is 0 Å². The van der Waals surface area contributed by atoms with Crippen molar-refractivity contribution in [3.63, 3.8) is 0 Å². The summed E-state index contributed by atoms with van der Waals surface area (Å²) in [5.41, 5.74) is 14.6. The summed E-state index contributed by atoms with van der Waals surface area (Å²) in [7, 11) is 9.75. The van der Waals surface area contributed by atoms with E-state index in [9.17, 15) is 38.4 Å². The summed E-state index contributed by atoms with van der Waals surface area (Å²) >= 11 is -0.472. The molecule has 4 amide bonds. The summed E-state index contributed by atoms with van der Waals surface area (Å²) in [6, 6.07) is -1.36. The zero-order valence-corrected chi connectivity index (χ0v) is 30.5. The second-order valence-electron chi connectivity index (χ2n) is 10.8. The molecule has 18 nitrogen and oxygen atoms in total. The number of carboxylic acids is 2. The van der Waals surface area contributed by atoms with Crippen molar-refractivity contribution in [2.45, 2.75) is 114 Å². The normalized spacial score (nSPS) is 20.7. The van der Waals surface area contributed by atoms with E-state index in [4.69, 9.17) is 40.5 Å². The predicted octanol–water partition coefficient (Wildman–Crippen LogP) is 3.32. The maximum Gasteiger partial charge on any atom is -0.0548 e. The van der Waals surface area contributed by atoms with E-state index < -0.39 is 64.6 Å². The Hall–Kier alpha value is -3.05. The molecule has 21 heteroatoms. The van der Waals surface area contributed by atoms with E-state index in [1.807, 2.05) is 0 Å². The monoisotopic (exact) mass is 921 g/mol. The third-order valence-corrected chi connectivity index (χ3v) is 6.92. The quantitative estimate of drug-likeness (QED) is 0.0739. The van der Waals surface area contributed by atoms with Gasteiger partial charge in [0.2, 0.25) is 11.8 Å². The number of amides is 4. The van der Waals surface area contributed by atoms with E-state index >= 15 is 0 Å². The van der Waals surface area contributed by atoms with Gasteiger partial charge in [0.15, 0.2) is 0 Å². The number of carbonyl (C=O) groups excluding carboxylic acids is 6. The number of carbonyl (C=O) groups is 8. The van der Waals surface area contributed by atoms with Crippen molar-refractivity contribution in [3.8, 4) is 0 Å². The number of cyclic esters (lactones) is 4. The van der Waals surface area contributed by atoms with Crippen LogP contribution in [0.2, 0.25) is 0 Å². The Balaban J connectivity index is 0.000000723. The van der Waals surface area contributed by atoms with Gasteiger partial charge in [-0.05, 0) is 38.5 Å². The molecular weight excluding hydrogens is 878 g/mol. The molecule has 4 atom stereocenters. The van der Waals surface area contributed by atoms with Gasteiger partial charge in [0.25, 0.3) is 0 Å². The smallest absolute Gasteiger partial charge is 0.0548 e. The van der Waals surface area contributed by atoms with Crippen molar-refractivity contribution in [2.75, 3.05) is 13.1 Å². The number of hydrogen-bond donors (Lipinski definition) is 6. The number of ether oxygens (including phenoxy) is 2. The summed E-state index contributed by atoms with van der Waals surface area (Å²) in [6.45, 7) is 0.822. The summed E-state index contributed by atoms with van der Waals surface area (Å²) in [5, 5.41) is 26.7. The predicted molar refractivity (Wildman–Crippen MR) is 171 cm³/mol. The molecule has 0 spiro atoms. The molecule has 8 N–H and O–H groups in total. The van der Waals surface area contributed by atoms with E-state index in [0.29, 0.717) is 51.6 Å². The van der Waals surface area contributed by atoms with E-state index in [1.165, 1.54) is 12.8 Å². The molecule has 2 saturated heterocycles. The van der Waals surface area contributed by atoms with Crippen LogP contribution in [-0.4, -0.2) is 95.3 Å². The zero-order chi connectivity index (χ0) is 37.2. The van der Waals surface area contributed by atoms with Crippen LogP contribution in [0.5, 0.6) is 0 Å². The maximum absolute atomic E-state index is 11.2. The van der Waals surface area contributed by atoms with Crippen molar-refractivity contribution in [3.05, 3.63) is 11.5 Å². The average molecular weight is 923 g/mol. The first-order chi connectivity index (χ1) is 23.2. The minimum atomic E-state index is -1.01. The number of carboxylic acid groups (broad SMARTS) is 2. The van der Waals surface area contributed by atoms with Gasteiger partial charge in [-0.15, -0.1) is 0 Å². The second kappa shape index (κ2) is 27.7. The van der Waals surface area contributed by atoms with E-state index in [1.54, 1.807) is 0 Å². The largest absolute Gasteiger partial charge is 0.676 e. The molecule has 0 aromatic rings.